The van der Waals surface area contributed by atoms with E-state index in [-0.39, 0.29) is 39.2 Å². The molecule has 1 fully saturated rings. The lowest BCUT2D eigenvalue weighted by atomic mass is 10.0. The van der Waals surface area contributed by atoms with Crippen LogP contribution in [-0.4, -0.2) is 39.4 Å². The summed E-state index contributed by atoms with van der Waals surface area (Å²) in [5.41, 5.74) is 2.80. The molecule has 0 bridgehead atoms. The Hall–Kier alpha value is -3.98. The van der Waals surface area contributed by atoms with Gasteiger partial charge in [-0.3, -0.25) is 24.1 Å². The molecule has 4 aromatic rings. The van der Waals surface area contributed by atoms with Crippen LogP contribution in [-0.2, 0) is 0 Å². The number of halogens is 4. The monoisotopic (exact) mass is 566 g/mol. The number of carbonyl (C=O) groups is 1. The minimum Gasteiger partial charge on any atom is -0.345 e. The fourth-order valence-electron chi connectivity index (χ4n) is 5.05. The second-order valence-corrected chi connectivity index (χ2v) is 10.6. The Morgan fingerprint density at radius 1 is 1.10 bits per heavy atom. The number of hydrogen-bond acceptors (Lipinski definition) is 4. The lowest BCUT2D eigenvalue weighted by Gasteiger charge is -2.17. The Morgan fingerprint density at radius 3 is 2.55 bits per heavy atom. The second kappa shape index (κ2) is 10.5. The Morgan fingerprint density at radius 2 is 1.85 bits per heavy atom. The van der Waals surface area contributed by atoms with E-state index in [9.17, 15) is 18.4 Å². The standard InChI is InChI=1S/C30H26ClF3N4O2/c1-15-12-36-24(19-6-5-7-20(27(19)32)29(39)37(3)4)11-25(15)38-16(2)8-23(26(31)30(38)40)22-10-21(22)17-9-18(28(33)34)14-35-13-17/h5-9,11-14,21-22,28H,10H2,1-4H3/t21-,22+/m1/s1. The van der Waals surface area contributed by atoms with Crippen molar-refractivity contribution in [3.8, 4) is 16.9 Å². The molecule has 0 aliphatic heterocycles. The molecule has 0 saturated heterocycles. The van der Waals surface area contributed by atoms with E-state index in [1.165, 1.54) is 33.9 Å². The van der Waals surface area contributed by atoms with Gasteiger partial charge in [-0.2, -0.15) is 0 Å². The molecule has 0 spiro atoms. The highest BCUT2D eigenvalue weighted by molar-refractivity contribution is 6.31. The zero-order chi connectivity index (χ0) is 28.9. The zero-order valence-corrected chi connectivity index (χ0v) is 23.0. The molecule has 0 unspecified atom stereocenters. The first kappa shape index (κ1) is 27.6. The Kier molecular flexibility index (Phi) is 7.27. The molecule has 1 saturated carbocycles. The average molecular weight is 567 g/mol. The van der Waals surface area contributed by atoms with Crippen molar-refractivity contribution in [1.82, 2.24) is 19.4 Å². The Labute approximate surface area is 234 Å². The summed E-state index contributed by atoms with van der Waals surface area (Å²) in [6, 6.07) is 9.40. The van der Waals surface area contributed by atoms with Crippen LogP contribution in [0.2, 0.25) is 5.02 Å². The maximum Gasteiger partial charge on any atom is 0.274 e. The highest BCUT2D eigenvalue weighted by Crippen LogP contribution is 2.56. The van der Waals surface area contributed by atoms with Crippen LogP contribution in [0.15, 0.2) is 59.8 Å². The smallest absolute Gasteiger partial charge is 0.274 e. The van der Waals surface area contributed by atoms with E-state index < -0.39 is 23.7 Å². The van der Waals surface area contributed by atoms with Crippen molar-refractivity contribution in [3.05, 3.63) is 110 Å². The van der Waals surface area contributed by atoms with Gasteiger partial charge in [-0.15, -0.1) is 0 Å². The molecule has 6 nitrogen and oxygen atoms in total. The van der Waals surface area contributed by atoms with Crippen LogP contribution in [0, 0.1) is 19.7 Å². The first-order valence-electron chi connectivity index (χ1n) is 12.6. The highest BCUT2D eigenvalue weighted by atomic mass is 35.5. The van der Waals surface area contributed by atoms with Crippen LogP contribution < -0.4 is 5.56 Å². The van der Waals surface area contributed by atoms with Gasteiger partial charge in [-0.25, -0.2) is 13.2 Å². The molecule has 1 aliphatic rings. The summed E-state index contributed by atoms with van der Waals surface area (Å²) in [6.45, 7) is 3.55. The quantitative estimate of drug-likeness (QED) is 0.263. The lowest BCUT2D eigenvalue weighted by molar-refractivity contribution is 0.0823. The van der Waals surface area contributed by atoms with Gasteiger partial charge in [0.15, 0.2) is 0 Å². The molecule has 0 radical (unpaired) electrons. The minimum absolute atomic E-state index is 0.0404. The molecule has 1 amide bonds. The molecule has 0 N–H and O–H groups in total. The van der Waals surface area contributed by atoms with Gasteiger partial charge in [0.25, 0.3) is 17.9 Å². The molecular formula is C30H26ClF3N4O2. The first-order valence-corrected chi connectivity index (χ1v) is 13.0. The van der Waals surface area contributed by atoms with Gasteiger partial charge in [0.1, 0.15) is 10.8 Å². The zero-order valence-electron chi connectivity index (χ0n) is 22.3. The summed E-state index contributed by atoms with van der Waals surface area (Å²) in [4.78, 5) is 35.6. The van der Waals surface area contributed by atoms with Crippen LogP contribution >= 0.6 is 11.6 Å². The fourth-order valence-corrected chi connectivity index (χ4v) is 5.33. The number of rotatable bonds is 6. The molecule has 3 aromatic heterocycles. The van der Waals surface area contributed by atoms with Crippen molar-refractivity contribution in [1.29, 1.82) is 0 Å². The van der Waals surface area contributed by atoms with Crippen LogP contribution in [0.1, 0.15) is 63.0 Å². The van der Waals surface area contributed by atoms with Crippen molar-refractivity contribution in [2.24, 2.45) is 0 Å². The largest absolute Gasteiger partial charge is 0.345 e. The molecule has 2 atom stereocenters. The summed E-state index contributed by atoms with van der Waals surface area (Å²) < 4.78 is 43.2. The topological polar surface area (TPSA) is 68.1 Å². The Balaban J connectivity index is 1.53. The normalized spacial score (nSPS) is 16.3. The molecule has 1 aromatic carbocycles. The maximum atomic E-state index is 15.4. The molecule has 10 heteroatoms. The van der Waals surface area contributed by atoms with E-state index in [0.717, 1.165) is 6.20 Å². The third-order valence-electron chi connectivity index (χ3n) is 7.24. The van der Waals surface area contributed by atoms with E-state index in [1.807, 2.05) is 6.07 Å². The van der Waals surface area contributed by atoms with Crippen LogP contribution in [0.25, 0.3) is 16.9 Å². The molecular weight excluding hydrogens is 541 g/mol. The number of pyridine rings is 3. The summed E-state index contributed by atoms with van der Waals surface area (Å²) in [5, 5.41) is 0.0404. The summed E-state index contributed by atoms with van der Waals surface area (Å²) in [6.07, 6.45) is 2.31. The first-order chi connectivity index (χ1) is 19.0. The summed E-state index contributed by atoms with van der Waals surface area (Å²) in [5.74, 6) is -1.33. The molecule has 206 valence electrons. The SMILES string of the molecule is Cc1cnc(-c2cccc(C(=O)N(C)C)c2F)cc1-n1c(C)cc([C@H]2C[C@@H]2c2cncc(C(F)F)c2)c(Cl)c1=O. The van der Waals surface area contributed by atoms with Gasteiger partial charge in [0.2, 0.25) is 0 Å². The van der Waals surface area contributed by atoms with Gasteiger partial charge in [-0.1, -0.05) is 17.7 Å². The average Bonchev–Trinajstić information content (AvgIpc) is 3.72. The van der Waals surface area contributed by atoms with Crippen molar-refractivity contribution >= 4 is 17.5 Å². The van der Waals surface area contributed by atoms with Crippen LogP contribution in [0.4, 0.5) is 13.2 Å². The van der Waals surface area contributed by atoms with Crippen LogP contribution in [0.3, 0.4) is 0 Å². The van der Waals surface area contributed by atoms with Gasteiger partial charge in [-0.05, 0) is 79.1 Å². The molecule has 5 rings (SSSR count). The van der Waals surface area contributed by atoms with E-state index in [2.05, 4.69) is 9.97 Å². The molecule has 1 aliphatic carbocycles. The van der Waals surface area contributed by atoms with Gasteiger partial charge in [0, 0.05) is 49.5 Å². The van der Waals surface area contributed by atoms with E-state index in [4.69, 9.17) is 11.6 Å². The van der Waals surface area contributed by atoms with E-state index in [0.29, 0.717) is 34.5 Å². The van der Waals surface area contributed by atoms with Gasteiger partial charge in [0.05, 0.1) is 16.9 Å². The Bertz CT molecular complexity index is 1700. The third-order valence-corrected chi connectivity index (χ3v) is 7.62. The minimum atomic E-state index is -2.61. The number of nitrogens with zero attached hydrogens (tertiary/aromatic N) is 4. The number of aryl methyl sites for hydroxylation is 2. The van der Waals surface area contributed by atoms with E-state index in [1.54, 1.807) is 46.3 Å². The molecule has 3 heterocycles. The number of aromatic nitrogens is 3. The predicted molar refractivity (Wildman–Crippen MR) is 147 cm³/mol. The number of benzene rings is 1. The number of amides is 1. The second-order valence-electron chi connectivity index (χ2n) is 10.2. The number of hydrogen-bond donors (Lipinski definition) is 0. The highest BCUT2D eigenvalue weighted by Gasteiger charge is 2.42. The van der Waals surface area contributed by atoms with Crippen molar-refractivity contribution in [2.75, 3.05) is 14.1 Å². The molecule has 40 heavy (non-hydrogen) atoms. The third kappa shape index (κ3) is 4.90. The predicted octanol–water partition coefficient (Wildman–Crippen LogP) is 6.61. The summed E-state index contributed by atoms with van der Waals surface area (Å²) in [7, 11) is 3.08. The van der Waals surface area contributed by atoms with Crippen molar-refractivity contribution in [2.45, 2.75) is 38.5 Å². The lowest BCUT2D eigenvalue weighted by Crippen LogP contribution is -2.23. The van der Waals surface area contributed by atoms with Crippen molar-refractivity contribution < 1.29 is 18.0 Å². The maximum absolute atomic E-state index is 15.4. The fraction of sp³-hybridized carbons (Fsp3) is 0.267. The van der Waals surface area contributed by atoms with E-state index >= 15 is 4.39 Å². The number of alkyl halides is 2. The van der Waals surface area contributed by atoms with Gasteiger partial charge >= 0.3 is 0 Å². The van der Waals surface area contributed by atoms with Crippen LogP contribution in [0.5, 0.6) is 0 Å². The number of carbonyl (C=O) groups excluding carboxylic acids is 1. The van der Waals surface area contributed by atoms with Crippen molar-refractivity contribution in [3.63, 3.8) is 0 Å². The summed E-state index contributed by atoms with van der Waals surface area (Å²) >= 11 is 6.62. The van der Waals surface area contributed by atoms with Gasteiger partial charge < -0.3 is 4.90 Å².